The van der Waals surface area contributed by atoms with Crippen LogP contribution >= 0.6 is 11.6 Å². The molecule has 35 heavy (non-hydrogen) atoms. The molecule has 180 valence electrons. The number of Topliss-reactive ketones (excluding diaryl/α,β-unsaturated/α-hetero) is 1. The van der Waals surface area contributed by atoms with Crippen LogP contribution in [0.1, 0.15) is 42.1 Å². The Labute approximate surface area is 209 Å². The lowest BCUT2D eigenvalue weighted by Crippen LogP contribution is -2.29. The van der Waals surface area contributed by atoms with Crippen molar-refractivity contribution in [3.05, 3.63) is 99.8 Å². The molecule has 1 fully saturated rings. The third kappa shape index (κ3) is 5.23. The second-order valence-electron chi connectivity index (χ2n) is 9.02. The molecule has 6 nitrogen and oxygen atoms in total. The van der Waals surface area contributed by atoms with Crippen molar-refractivity contribution < 1.29 is 19.4 Å². The van der Waals surface area contributed by atoms with Crippen LogP contribution in [0, 0.1) is 12.8 Å². The Hall–Kier alpha value is -3.64. The van der Waals surface area contributed by atoms with Gasteiger partial charge in [0, 0.05) is 29.5 Å². The first kappa shape index (κ1) is 24.5. The van der Waals surface area contributed by atoms with E-state index in [0.29, 0.717) is 34.4 Å². The van der Waals surface area contributed by atoms with E-state index in [1.54, 1.807) is 60.9 Å². The van der Waals surface area contributed by atoms with Gasteiger partial charge in [-0.25, -0.2) is 0 Å². The summed E-state index contributed by atoms with van der Waals surface area (Å²) in [5.74, 6) is -0.553. The monoisotopic (exact) mass is 490 g/mol. The SMILES string of the molecule is Cc1cc(C(O)=C2C(=O)C(=O)N(Cc3cccnc3)[C@@H]2c2ccc(Cl)cc2)ccc1OCC(C)C. The lowest BCUT2D eigenvalue weighted by atomic mass is 9.94. The number of pyridine rings is 1. The van der Waals surface area contributed by atoms with Gasteiger partial charge < -0.3 is 14.7 Å². The fraction of sp³-hybridized carbons (Fsp3) is 0.250. The first-order chi connectivity index (χ1) is 16.8. The normalized spacial score (nSPS) is 17.3. The number of aryl methyl sites for hydroxylation is 1. The Morgan fingerprint density at radius 3 is 2.51 bits per heavy atom. The number of benzene rings is 2. The number of carbonyl (C=O) groups excluding carboxylic acids is 2. The minimum Gasteiger partial charge on any atom is -0.507 e. The van der Waals surface area contributed by atoms with E-state index in [9.17, 15) is 14.7 Å². The summed E-state index contributed by atoms with van der Waals surface area (Å²) in [5, 5.41) is 11.8. The zero-order valence-electron chi connectivity index (χ0n) is 19.9. The summed E-state index contributed by atoms with van der Waals surface area (Å²) in [5.41, 5.74) is 2.75. The van der Waals surface area contributed by atoms with Crippen LogP contribution in [0.15, 0.2) is 72.6 Å². The van der Waals surface area contributed by atoms with Gasteiger partial charge in [-0.3, -0.25) is 14.6 Å². The number of halogens is 1. The molecule has 1 aliphatic rings. The first-order valence-corrected chi connectivity index (χ1v) is 11.8. The van der Waals surface area contributed by atoms with Crippen molar-refractivity contribution in [1.29, 1.82) is 0 Å². The highest BCUT2D eigenvalue weighted by molar-refractivity contribution is 6.46. The largest absolute Gasteiger partial charge is 0.507 e. The van der Waals surface area contributed by atoms with Crippen LogP contribution in [0.2, 0.25) is 5.02 Å². The van der Waals surface area contributed by atoms with Crippen LogP contribution in [-0.2, 0) is 16.1 Å². The molecule has 7 heteroatoms. The number of likely N-dealkylation sites (tertiary alicyclic amines) is 1. The number of rotatable bonds is 7. The van der Waals surface area contributed by atoms with Gasteiger partial charge in [0.05, 0.1) is 18.2 Å². The van der Waals surface area contributed by atoms with E-state index in [1.807, 2.05) is 13.0 Å². The second kappa shape index (κ2) is 10.3. The molecule has 1 N–H and O–H groups in total. The smallest absolute Gasteiger partial charge is 0.295 e. The molecule has 1 saturated heterocycles. The van der Waals surface area contributed by atoms with Gasteiger partial charge in [0.15, 0.2) is 0 Å². The van der Waals surface area contributed by atoms with Gasteiger partial charge in [-0.15, -0.1) is 0 Å². The van der Waals surface area contributed by atoms with Crippen LogP contribution in [0.4, 0.5) is 0 Å². The number of aliphatic hydroxyl groups is 1. The highest BCUT2D eigenvalue weighted by Crippen LogP contribution is 2.41. The molecule has 3 aromatic rings. The summed E-state index contributed by atoms with van der Waals surface area (Å²) < 4.78 is 5.84. The molecule has 1 aliphatic heterocycles. The van der Waals surface area contributed by atoms with Crippen LogP contribution < -0.4 is 4.74 Å². The molecule has 0 aliphatic carbocycles. The van der Waals surface area contributed by atoms with E-state index in [4.69, 9.17) is 16.3 Å². The summed E-state index contributed by atoms with van der Waals surface area (Å²) >= 11 is 6.09. The maximum atomic E-state index is 13.2. The lowest BCUT2D eigenvalue weighted by molar-refractivity contribution is -0.140. The summed E-state index contributed by atoms with van der Waals surface area (Å²) in [6.07, 6.45) is 3.29. The Morgan fingerprint density at radius 2 is 1.89 bits per heavy atom. The van der Waals surface area contributed by atoms with Gasteiger partial charge in [0.2, 0.25) is 0 Å². The minimum atomic E-state index is -0.773. The fourth-order valence-electron chi connectivity index (χ4n) is 4.09. The van der Waals surface area contributed by atoms with Gasteiger partial charge in [-0.2, -0.15) is 0 Å². The number of ether oxygens (including phenoxy) is 1. The van der Waals surface area contributed by atoms with E-state index >= 15 is 0 Å². The predicted octanol–water partition coefficient (Wildman–Crippen LogP) is 5.70. The zero-order valence-corrected chi connectivity index (χ0v) is 20.6. The number of aromatic nitrogens is 1. The average molecular weight is 491 g/mol. The van der Waals surface area contributed by atoms with Gasteiger partial charge in [0.25, 0.3) is 11.7 Å². The van der Waals surface area contributed by atoms with E-state index in [2.05, 4.69) is 18.8 Å². The minimum absolute atomic E-state index is 0.0384. The topological polar surface area (TPSA) is 79.7 Å². The van der Waals surface area contributed by atoms with Crippen LogP contribution in [0.25, 0.3) is 5.76 Å². The van der Waals surface area contributed by atoms with Gasteiger partial charge >= 0.3 is 0 Å². The Kier molecular flexibility index (Phi) is 7.22. The van der Waals surface area contributed by atoms with E-state index in [-0.39, 0.29) is 17.9 Å². The van der Waals surface area contributed by atoms with Crippen LogP contribution in [0.5, 0.6) is 5.75 Å². The van der Waals surface area contributed by atoms with Crippen LogP contribution in [-0.4, -0.2) is 33.3 Å². The Bertz CT molecular complexity index is 1270. The third-order valence-corrected chi connectivity index (χ3v) is 6.07. The van der Waals surface area contributed by atoms with E-state index in [0.717, 1.165) is 11.1 Å². The highest BCUT2D eigenvalue weighted by atomic mass is 35.5. The quantitative estimate of drug-likeness (QED) is 0.261. The fourth-order valence-corrected chi connectivity index (χ4v) is 4.22. The van der Waals surface area contributed by atoms with E-state index in [1.165, 1.54) is 4.90 Å². The molecule has 0 saturated carbocycles. The van der Waals surface area contributed by atoms with Crippen molar-refractivity contribution in [2.75, 3.05) is 6.61 Å². The van der Waals surface area contributed by atoms with Crippen molar-refractivity contribution in [3.63, 3.8) is 0 Å². The number of hydrogen-bond donors (Lipinski definition) is 1. The van der Waals surface area contributed by atoms with Crippen molar-refractivity contribution >= 4 is 29.1 Å². The Morgan fingerprint density at radius 1 is 1.14 bits per heavy atom. The average Bonchev–Trinajstić information content (AvgIpc) is 3.09. The van der Waals surface area contributed by atoms with Gasteiger partial charge in [-0.05, 0) is 65.9 Å². The van der Waals surface area contributed by atoms with Crippen molar-refractivity contribution in [3.8, 4) is 5.75 Å². The molecule has 4 rings (SSSR count). The first-order valence-electron chi connectivity index (χ1n) is 11.4. The molecule has 0 unspecified atom stereocenters. The molecule has 0 spiro atoms. The summed E-state index contributed by atoms with van der Waals surface area (Å²) in [6, 6.07) is 15.0. The number of carbonyl (C=O) groups is 2. The number of nitrogens with zero attached hydrogens (tertiary/aromatic N) is 2. The summed E-state index contributed by atoms with van der Waals surface area (Å²) in [4.78, 5) is 31.9. The van der Waals surface area contributed by atoms with Gasteiger partial charge in [0.1, 0.15) is 11.5 Å². The lowest BCUT2D eigenvalue weighted by Gasteiger charge is -2.25. The molecule has 0 bridgehead atoms. The number of aliphatic hydroxyl groups excluding tert-OH is 1. The summed E-state index contributed by atoms with van der Waals surface area (Å²) in [7, 11) is 0. The van der Waals surface area contributed by atoms with Crippen LogP contribution in [0.3, 0.4) is 0 Å². The maximum absolute atomic E-state index is 13.2. The zero-order chi connectivity index (χ0) is 25.1. The molecule has 0 radical (unpaired) electrons. The van der Waals surface area contributed by atoms with Crippen molar-refractivity contribution in [1.82, 2.24) is 9.88 Å². The molecule has 1 amide bonds. The molecule has 2 heterocycles. The van der Waals surface area contributed by atoms with Crippen molar-refractivity contribution in [2.45, 2.75) is 33.4 Å². The number of hydrogen-bond acceptors (Lipinski definition) is 5. The third-order valence-electron chi connectivity index (χ3n) is 5.82. The highest BCUT2D eigenvalue weighted by Gasteiger charge is 2.46. The molecular weight excluding hydrogens is 464 g/mol. The van der Waals surface area contributed by atoms with Crippen molar-refractivity contribution in [2.24, 2.45) is 5.92 Å². The van der Waals surface area contributed by atoms with Gasteiger partial charge in [-0.1, -0.05) is 43.6 Å². The molecule has 1 atom stereocenters. The van der Waals surface area contributed by atoms with E-state index < -0.39 is 17.7 Å². The molecular formula is C28H27ClN2O4. The summed E-state index contributed by atoms with van der Waals surface area (Å²) in [6.45, 7) is 6.75. The maximum Gasteiger partial charge on any atom is 0.295 e. The Balaban J connectivity index is 1.78. The number of ketones is 1. The number of amides is 1. The molecule has 2 aromatic carbocycles. The second-order valence-corrected chi connectivity index (χ2v) is 9.46. The molecule has 1 aromatic heterocycles. The predicted molar refractivity (Wildman–Crippen MR) is 135 cm³/mol. The standard InChI is InChI=1S/C28H27ClN2O4/c1-17(2)16-35-23-11-8-21(13-18(23)3)26(32)24-25(20-6-9-22(29)10-7-20)31(28(34)27(24)33)15-19-5-4-12-30-14-19/h4-14,17,25,32H,15-16H2,1-3H3/t25-/m1/s1.